The van der Waals surface area contributed by atoms with Gasteiger partial charge in [0, 0.05) is 51.6 Å². The van der Waals surface area contributed by atoms with E-state index in [2.05, 4.69) is 10.6 Å². The molecule has 0 spiro atoms. The summed E-state index contributed by atoms with van der Waals surface area (Å²) in [6.07, 6.45) is 7.24. The summed E-state index contributed by atoms with van der Waals surface area (Å²) in [4.78, 5) is 23.4. The summed E-state index contributed by atoms with van der Waals surface area (Å²) in [6.45, 7) is 2.90. The van der Waals surface area contributed by atoms with Gasteiger partial charge < -0.3 is 40.6 Å². The maximum absolute atomic E-state index is 11.7. The number of carbonyl (C=O) groups is 2. The average molecular weight is 431 g/mol. The monoisotopic (exact) mass is 430 g/mol. The maximum Gasteiger partial charge on any atom is 0.245 e. The van der Waals surface area contributed by atoms with Gasteiger partial charge in [-0.25, -0.2) is 0 Å². The lowest BCUT2D eigenvalue weighted by Gasteiger charge is -2.24. The van der Waals surface area contributed by atoms with Crippen LogP contribution in [-0.4, -0.2) is 76.5 Å². The Labute approximate surface area is 178 Å². The molecule has 2 rings (SSSR count). The first kappa shape index (κ1) is 25.0. The van der Waals surface area contributed by atoms with E-state index in [9.17, 15) is 20.0 Å². The van der Waals surface area contributed by atoms with Gasteiger partial charge in [0.15, 0.2) is 0 Å². The molecule has 0 bridgehead atoms. The molecule has 30 heavy (non-hydrogen) atoms. The Morgan fingerprint density at radius 3 is 1.60 bits per heavy atom. The fraction of sp³-hybridized carbons (Fsp3) is 0.900. The van der Waals surface area contributed by atoms with E-state index in [0.717, 1.165) is 51.4 Å². The second-order valence-corrected chi connectivity index (χ2v) is 8.20. The van der Waals surface area contributed by atoms with Crippen molar-refractivity contribution in [2.75, 3.05) is 52.6 Å². The van der Waals surface area contributed by atoms with E-state index in [0.29, 0.717) is 36.3 Å². The summed E-state index contributed by atoms with van der Waals surface area (Å²) in [6, 6.07) is 0.369. The van der Waals surface area contributed by atoms with Gasteiger partial charge in [0.2, 0.25) is 11.8 Å². The van der Waals surface area contributed by atoms with Crippen LogP contribution in [0.1, 0.15) is 51.4 Å². The first-order valence-corrected chi connectivity index (χ1v) is 11.3. The first-order valence-electron chi connectivity index (χ1n) is 11.3. The number of nitrogens with one attached hydrogen (secondary N) is 4. The van der Waals surface area contributed by atoms with Crippen molar-refractivity contribution in [1.82, 2.24) is 10.6 Å². The minimum atomic E-state index is -0.189. The van der Waals surface area contributed by atoms with E-state index < -0.39 is 0 Å². The van der Waals surface area contributed by atoms with Crippen LogP contribution >= 0.6 is 0 Å². The fourth-order valence-corrected chi connectivity index (χ4v) is 4.09. The normalized spacial score (nSPS) is 26.1. The molecule has 0 aromatic heterocycles. The Kier molecular flexibility index (Phi) is 12.2. The van der Waals surface area contributed by atoms with Gasteiger partial charge in [-0.15, -0.1) is 0 Å². The SMILES string of the molecule is O=C(COCCOCC(=O)NCCCC1CCC[NH+]1[O-])NCCCC1CCC[NH+]1[O-]. The van der Waals surface area contributed by atoms with Crippen LogP contribution in [-0.2, 0) is 19.1 Å². The number of amides is 2. The van der Waals surface area contributed by atoms with Gasteiger partial charge >= 0.3 is 0 Å². The topological polar surface area (TPSA) is 132 Å². The third-order valence-electron chi connectivity index (χ3n) is 5.80. The third-order valence-corrected chi connectivity index (χ3v) is 5.80. The van der Waals surface area contributed by atoms with E-state index in [1.807, 2.05) is 0 Å². The maximum atomic E-state index is 11.7. The summed E-state index contributed by atoms with van der Waals surface area (Å²) < 4.78 is 10.5. The van der Waals surface area contributed by atoms with Gasteiger partial charge in [-0.2, -0.15) is 0 Å². The molecular weight excluding hydrogens is 392 g/mol. The van der Waals surface area contributed by atoms with E-state index in [1.54, 1.807) is 0 Å². The largest absolute Gasteiger partial charge is 0.634 e. The molecule has 4 N–H and O–H groups in total. The molecule has 2 saturated heterocycles. The van der Waals surface area contributed by atoms with Crippen LogP contribution in [0, 0.1) is 10.4 Å². The van der Waals surface area contributed by atoms with Crippen molar-refractivity contribution < 1.29 is 29.2 Å². The molecule has 0 aromatic carbocycles. The molecule has 2 heterocycles. The molecule has 4 unspecified atom stereocenters. The molecule has 0 radical (unpaired) electrons. The number of ether oxygens (including phenoxy) is 2. The standard InChI is InChI=1S/C20H38N4O6/c25-19(21-9-1-5-17-7-3-11-23(17)27)15-29-13-14-30-16-20(26)22-10-2-6-18-8-4-12-24(18)28/h17-18,23-24H,1-16H2,(H,21,25)(H,22,26). The van der Waals surface area contributed by atoms with E-state index >= 15 is 0 Å². The van der Waals surface area contributed by atoms with Crippen LogP contribution in [0.2, 0.25) is 0 Å². The molecule has 2 aliphatic rings. The van der Waals surface area contributed by atoms with Crippen molar-refractivity contribution in [2.45, 2.75) is 63.5 Å². The van der Waals surface area contributed by atoms with Crippen LogP contribution in [0.15, 0.2) is 0 Å². The Balaban J connectivity index is 1.33. The highest BCUT2D eigenvalue weighted by Crippen LogP contribution is 2.06. The minimum absolute atomic E-state index is 0.0438. The quantitative estimate of drug-likeness (QED) is 0.174. The van der Waals surface area contributed by atoms with Crippen molar-refractivity contribution in [2.24, 2.45) is 0 Å². The third kappa shape index (κ3) is 10.1. The minimum Gasteiger partial charge on any atom is -0.634 e. The van der Waals surface area contributed by atoms with Crippen LogP contribution in [0.5, 0.6) is 0 Å². The lowest BCUT2D eigenvalue weighted by atomic mass is 10.1. The number of rotatable bonds is 15. The number of hydrogen-bond acceptors (Lipinski definition) is 6. The molecule has 0 aliphatic carbocycles. The molecule has 10 heteroatoms. The molecule has 4 atom stereocenters. The zero-order valence-electron chi connectivity index (χ0n) is 17.9. The number of carbonyl (C=O) groups excluding carboxylic acids is 2. The second-order valence-electron chi connectivity index (χ2n) is 8.20. The number of hydroxylamine groups is 4. The highest BCUT2D eigenvalue weighted by Gasteiger charge is 2.22. The van der Waals surface area contributed by atoms with Gasteiger partial charge in [0.1, 0.15) is 13.2 Å². The lowest BCUT2D eigenvalue weighted by Crippen LogP contribution is -3.08. The molecule has 0 saturated carbocycles. The summed E-state index contributed by atoms with van der Waals surface area (Å²) in [5.74, 6) is -0.377. The van der Waals surface area contributed by atoms with Crippen molar-refractivity contribution in [3.8, 4) is 0 Å². The molecule has 2 amide bonds. The van der Waals surface area contributed by atoms with Gasteiger partial charge in [0.05, 0.1) is 38.4 Å². The van der Waals surface area contributed by atoms with E-state index in [-0.39, 0.29) is 50.3 Å². The van der Waals surface area contributed by atoms with E-state index in [4.69, 9.17) is 9.47 Å². The van der Waals surface area contributed by atoms with Crippen LogP contribution in [0.4, 0.5) is 0 Å². The summed E-state index contributed by atoms with van der Waals surface area (Å²) in [5, 5.41) is 29.4. The predicted octanol–water partition coefficient (Wildman–Crippen LogP) is -2.10. The molecular formula is C20H38N4O6. The van der Waals surface area contributed by atoms with Gasteiger partial charge in [-0.05, 0) is 12.8 Å². The Bertz CT molecular complexity index is 466. The molecule has 174 valence electrons. The molecule has 2 aliphatic heterocycles. The Morgan fingerprint density at radius 1 is 0.800 bits per heavy atom. The Morgan fingerprint density at radius 2 is 1.23 bits per heavy atom. The summed E-state index contributed by atoms with van der Waals surface area (Å²) >= 11 is 0. The molecule has 0 aromatic rings. The van der Waals surface area contributed by atoms with Crippen LogP contribution in [0.25, 0.3) is 0 Å². The van der Waals surface area contributed by atoms with Crippen molar-refractivity contribution in [1.29, 1.82) is 0 Å². The molecule has 2 fully saturated rings. The predicted molar refractivity (Wildman–Crippen MR) is 111 cm³/mol. The average Bonchev–Trinajstić information content (AvgIpc) is 3.33. The van der Waals surface area contributed by atoms with Gasteiger partial charge in [-0.3, -0.25) is 9.59 Å². The van der Waals surface area contributed by atoms with Crippen molar-refractivity contribution in [3.63, 3.8) is 0 Å². The van der Waals surface area contributed by atoms with Crippen molar-refractivity contribution >= 4 is 11.8 Å². The van der Waals surface area contributed by atoms with Crippen LogP contribution in [0.3, 0.4) is 0 Å². The van der Waals surface area contributed by atoms with Crippen LogP contribution < -0.4 is 20.8 Å². The fourth-order valence-electron chi connectivity index (χ4n) is 4.09. The summed E-state index contributed by atoms with van der Waals surface area (Å²) in [5.41, 5.74) is 0. The zero-order valence-corrected chi connectivity index (χ0v) is 17.9. The number of quaternary nitrogens is 2. The highest BCUT2D eigenvalue weighted by molar-refractivity contribution is 5.77. The van der Waals surface area contributed by atoms with Gasteiger partial charge in [0.25, 0.3) is 0 Å². The smallest absolute Gasteiger partial charge is 0.245 e. The highest BCUT2D eigenvalue weighted by atomic mass is 16.5. The summed E-state index contributed by atoms with van der Waals surface area (Å²) in [7, 11) is 0. The van der Waals surface area contributed by atoms with E-state index in [1.165, 1.54) is 0 Å². The van der Waals surface area contributed by atoms with Gasteiger partial charge in [-0.1, -0.05) is 0 Å². The lowest BCUT2D eigenvalue weighted by molar-refractivity contribution is -0.861. The number of hydrogen-bond donors (Lipinski definition) is 4. The first-order chi connectivity index (χ1) is 14.6. The molecule has 10 nitrogen and oxygen atoms in total. The Hall–Kier alpha value is -1.30. The zero-order chi connectivity index (χ0) is 21.6. The van der Waals surface area contributed by atoms with Crippen molar-refractivity contribution in [3.05, 3.63) is 10.4 Å². The second kappa shape index (κ2) is 14.7.